The van der Waals surface area contributed by atoms with Gasteiger partial charge >= 0.3 is 0 Å². The third-order valence-corrected chi connectivity index (χ3v) is 3.40. The fourth-order valence-corrected chi connectivity index (χ4v) is 1.33. The predicted molar refractivity (Wildman–Crippen MR) is 72.5 cm³/mol. The molecule has 1 rings (SSSR count). The van der Waals surface area contributed by atoms with Gasteiger partial charge in [0.1, 0.15) is 11.5 Å². The van der Waals surface area contributed by atoms with Crippen molar-refractivity contribution in [3.05, 3.63) is 23.8 Å². The molecule has 0 aliphatic carbocycles. The molecule has 0 spiro atoms. The number of carbonyl (C=O) groups excluding carboxylic acids is 1. The Kier molecular flexibility index (Phi) is 4.10. The van der Waals surface area contributed by atoms with Gasteiger partial charge in [-0.05, 0) is 45.9 Å². The van der Waals surface area contributed by atoms with E-state index >= 15 is 0 Å². The molecule has 1 aromatic rings. The quantitative estimate of drug-likeness (QED) is 0.775. The van der Waals surface area contributed by atoms with Gasteiger partial charge in [0.2, 0.25) is 0 Å². The molecule has 0 saturated carbocycles. The molecule has 5 nitrogen and oxygen atoms in total. The van der Waals surface area contributed by atoms with Crippen molar-refractivity contribution >= 4 is 5.91 Å². The lowest BCUT2D eigenvalue weighted by Gasteiger charge is -2.38. The number of phenolic OH excluding ortho intramolecular Hbond substituents is 1. The lowest BCUT2D eigenvalue weighted by molar-refractivity contribution is -0.00298. The molecule has 1 aromatic carbocycles. The lowest BCUT2D eigenvalue weighted by atomic mass is 9.85. The number of hydrogen-bond donors (Lipinski definition) is 3. The molecule has 19 heavy (non-hydrogen) atoms. The summed E-state index contributed by atoms with van der Waals surface area (Å²) in [6.45, 7) is 6.64. The first kappa shape index (κ1) is 15.3. The predicted octanol–water partition coefficient (Wildman–Crippen LogP) is 1.68. The Bertz CT molecular complexity index is 475. The molecule has 0 aromatic heterocycles. The van der Waals surface area contributed by atoms with Crippen LogP contribution in [-0.2, 0) is 0 Å². The van der Waals surface area contributed by atoms with Gasteiger partial charge in [0, 0.05) is 0 Å². The summed E-state index contributed by atoms with van der Waals surface area (Å²) < 4.78 is 5.02. The van der Waals surface area contributed by atoms with Crippen LogP contribution in [-0.4, -0.2) is 34.4 Å². The molecule has 0 aliphatic rings. The van der Waals surface area contributed by atoms with Crippen molar-refractivity contribution in [2.24, 2.45) is 0 Å². The van der Waals surface area contributed by atoms with Gasteiger partial charge in [-0.3, -0.25) is 4.79 Å². The van der Waals surface area contributed by atoms with Crippen LogP contribution in [0.5, 0.6) is 11.5 Å². The summed E-state index contributed by atoms with van der Waals surface area (Å²) in [5.74, 6) is -0.127. The highest BCUT2D eigenvalue weighted by Gasteiger charge is 2.36. The number of amides is 1. The average Bonchev–Trinajstić information content (AvgIpc) is 2.27. The van der Waals surface area contributed by atoms with Crippen LogP contribution in [0.4, 0.5) is 0 Å². The summed E-state index contributed by atoms with van der Waals surface area (Å²) in [7, 11) is 1.48. The van der Waals surface area contributed by atoms with E-state index in [1.54, 1.807) is 33.8 Å². The molecule has 0 saturated heterocycles. The van der Waals surface area contributed by atoms with Crippen LogP contribution in [0.15, 0.2) is 18.2 Å². The summed E-state index contributed by atoms with van der Waals surface area (Å²) in [5.41, 5.74) is -1.84. The Morgan fingerprint density at radius 2 is 1.84 bits per heavy atom. The number of benzene rings is 1. The van der Waals surface area contributed by atoms with Crippen molar-refractivity contribution in [1.82, 2.24) is 5.32 Å². The molecule has 106 valence electrons. The lowest BCUT2D eigenvalue weighted by Crippen LogP contribution is -2.57. The fraction of sp³-hybridized carbons (Fsp3) is 0.500. The summed E-state index contributed by atoms with van der Waals surface area (Å²) in [6, 6.07) is 4.41. The van der Waals surface area contributed by atoms with E-state index in [9.17, 15) is 15.0 Å². The van der Waals surface area contributed by atoms with Gasteiger partial charge in [-0.15, -0.1) is 0 Å². The number of carbonyl (C=O) groups is 1. The Balaban J connectivity index is 3.02. The molecular formula is C14H21NO4. The number of ether oxygens (including phenoxy) is 1. The zero-order valence-corrected chi connectivity index (χ0v) is 11.9. The number of nitrogens with one attached hydrogen (secondary N) is 1. The molecule has 0 radical (unpaired) electrons. The Hall–Kier alpha value is -1.75. The first-order valence-corrected chi connectivity index (χ1v) is 6.00. The number of methoxy groups -OCH3 is 1. The maximum absolute atomic E-state index is 12.2. The second kappa shape index (κ2) is 5.09. The molecule has 0 aliphatic heterocycles. The van der Waals surface area contributed by atoms with Crippen molar-refractivity contribution in [2.75, 3.05) is 7.11 Å². The number of aromatic hydroxyl groups is 1. The van der Waals surface area contributed by atoms with Gasteiger partial charge in [-0.2, -0.15) is 0 Å². The van der Waals surface area contributed by atoms with E-state index in [-0.39, 0.29) is 11.3 Å². The molecule has 1 amide bonds. The molecule has 0 heterocycles. The van der Waals surface area contributed by atoms with E-state index in [1.165, 1.54) is 19.2 Å². The third kappa shape index (κ3) is 3.38. The first-order chi connectivity index (χ1) is 8.58. The van der Waals surface area contributed by atoms with E-state index in [1.807, 2.05) is 0 Å². The molecule has 3 N–H and O–H groups in total. The van der Waals surface area contributed by atoms with Crippen molar-refractivity contribution in [1.29, 1.82) is 0 Å². The maximum atomic E-state index is 12.2. The first-order valence-electron chi connectivity index (χ1n) is 6.00. The molecule has 0 fully saturated rings. The van der Waals surface area contributed by atoms with Gasteiger partial charge in [0.15, 0.2) is 0 Å². The Labute approximate surface area is 113 Å². The van der Waals surface area contributed by atoms with Crippen LogP contribution < -0.4 is 10.1 Å². The molecule has 0 unspecified atom stereocenters. The van der Waals surface area contributed by atoms with Gasteiger partial charge in [0.05, 0.1) is 23.8 Å². The zero-order valence-electron chi connectivity index (χ0n) is 11.9. The minimum absolute atomic E-state index is 0.108. The second-order valence-electron chi connectivity index (χ2n) is 5.52. The van der Waals surface area contributed by atoms with Gasteiger partial charge in [-0.1, -0.05) is 0 Å². The van der Waals surface area contributed by atoms with Gasteiger partial charge in [-0.25, -0.2) is 0 Å². The summed E-state index contributed by atoms with van der Waals surface area (Å²) in [6.07, 6.45) is 0. The number of phenols is 1. The number of aliphatic hydroxyl groups is 1. The summed E-state index contributed by atoms with van der Waals surface area (Å²) in [4.78, 5) is 12.2. The average molecular weight is 267 g/mol. The fourth-order valence-electron chi connectivity index (χ4n) is 1.33. The smallest absolute Gasteiger partial charge is 0.255 e. The van der Waals surface area contributed by atoms with E-state index < -0.39 is 17.0 Å². The van der Waals surface area contributed by atoms with E-state index in [0.717, 1.165) is 0 Å². The second-order valence-corrected chi connectivity index (χ2v) is 5.52. The van der Waals surface area contributed by atoms with E-state index in [4.69, 9.17) is 4.74 Å². The third-order valence-electron chi connectivity index (χ3n) is 3.40. The Morgan fingerprint density at radius 3 is 2.32 bits per heavy atom. The van der Waals surface area contributed by atoms with Crippen LogP contribution in [0.3, 0.4) is 0 Å². The van der Waals surface area contributed by atoms with Gasteiger partial charge in [0.25, 0.3) is 5.91 Å². The minimum Gasteiger partial charge on any atom is -0.507 e. The topological polar surface area (TPSA) is 78.8 Å². The monoisotopic (exact) mass is 267 g/mol. The number of rotatable bonds is 4. The minimum atomic E-state index is -1.10. The highest BCUT2D eigenvalue weighted by Crippen LogP contribution is 2.25. The summed E-state index contributed by atoms with van der Waals surface area (Å²) >= 11 is 0. The maximum Gasteiger partial charge on any atom is 0.255 e. The van der Waals surface area contributed by atoms with Crippen molar-refractivity contribution in [2.45, 2.75) is 38.8 Å². The molecule has 0 atom stereocenters. The molecule has 0 bridgehead atoms. The van der Waals surface area contributed by atoms with Crippen LogP contribution in [0, 0.1) is 0 Å². The van der Waals surface area contributed by atoms with Crippen LogP contribution >= 0.6 is 0 Å². The largest absolute Gasteiger partial charge is 0.507 e. The zero-order chi connectivity index (χ0) is 14.8. The van der Waals surface area contributed by atoms with Crippen LogP contribution in [0.25, 0.3) is 0 Å². The van der Waals surface area contributed by atoms with Crippen molar-refractivity contribution < 1.29 is 19.7 Å². The van der Waals surface area contributed by atoms with E-state index in [0.29, 0.717) is 5.75 Å². The molecule has 5 heteroatoms. The van der Waals surface area contributed by atoms with Crippen molar-refractivity contribution in [3.63, 3.8) is 0 Å². The van der Waals surface area contributed by atoms with Gasteiger partial charge < -0.3 is 20.3 Å². The van der Waals surface area contributed by atoms with Crippen molar-refractivity contribution in [3.8, 4) is 11.5 Å². The Morgan fingerprint density at radius 1 is 1.26 bits per heavy atom. The molecular weight excluding hydrogens is 246 g/mol. The van der Waals surface area contributed by atoms with E-state index in [2.05, 4.69) is 5.32 Å². The van der Waals surface area contributed by atoms with Crippen LogP contribution in [0.2, 0.25) is 0 Å². The normalized spacial score (nSPS) is 12.1. The highest BCUT2D eigenvalue weighted by molar-refractivity contribution is 5.97. The van der Waals surface area contributed by atoms with Crippen LogP contribution in [0.1, 0.15) is 38.1 Å². The highest BCUT2D eigenvalue weighted by atomic mass is 16.5. The SMILES string of the molecule is COc1ccc(O)c(C(=O)NC(C)(C)C(C)(C)O)c1. The summed E-state index contributed by atoms with van der Waals surface area (Å²) in [5, 5.41) is 22.4. The number of hydrogen-bond acceptors (Lipinski definition) is 4. The standard InChI is InChI=1S/C14H21NO4/c1-13(2,14(3,4)18)15-12(17)10-8-9(19-5)6-7-11(10)16/h6-8,16,18H,1-5H3,(H,15,17).